The van der Waals surface area contributed by atoms with Crippen molar-refractivity contribution in [2.24, 2.45) is 7.05 Å². The summed E-state index contributed by atoms with van der Waals surface area (Å²) in [5, 5.41) is 4.24. The minimum Gasteiger partial charge on any atom is -0.339 e. The summed E-state index contributed by atoms with van der Waals surface area (Å²) in [6, 6.07) is 14.5. The van der Waals surface area contributed by atoms with Crippen molar-refractivity contribution in [3.05, 3.63) is 81.9 Å². The zero-order chi connectivity index (χ0) is 20.3. The van der Waals surface area contributed by atoms with Crippen molar-refractivity contribution < 1.29 is 4.79 Å². The summed E-state index contributed by atoms with van der Waals surface area (Å²) < 4.78 is 1.29. The van der Waals surface area contributed by atoms with E-state index in [4.69, 9.17) is 0 Å². The highest BCUT2D eigenvalue weighted by molar-refractivity contribution is 5.94. The fraction of sp³-hybridized carbons (Fsp3) is 0.273. The van der Waals surface area contributed by atoms with Crippen molar-refractivity contribution in [1.29, 1.82) is 0 Å². The van der Waals surface area contributed by atoms with Gasteiger partial charge in [0.2, 0.25) is 0 Å². The summed E-state index contributed by atoms with van der Waals surface area (Å²) in [4.78, 5) is 30.4. The van der Waals surface area contributed by atoms with Crippen LogP contribution >= 0.6 is 0 Å². The van der Waals surface area contributed by atoms with Crippen LogP contribution in [-0.2, 0) is 13.5 Å². The van der Waals surface area contributed by atoms with Crippen LogP contribution in [0.25, 0.3) is 11.3 Å². The second-order valence-corrected chi connectivity index (χ2v) is 7.05. The average Bonchev–Trinajstić information content (AvgIpc) is 2.69. The lowest BCUT2D eigenvalue weighted by Gasteiger charge is -2.25. The predicted octanol–water partition coefficient (Wildman–Crippen LogP) is 2.85. The summed E-state index contributed by atoms with van der Waals surface area (Å²) in [6.45, 7) is 4.05. The summed E-state index contributed by atoms with van der Waals surface area (Å²) in [7, 11) is 3.43. The number of pyridine rings is 1. The number of carbonyl (C=O) groups is 1. The highest BCUT2D eigenvalue weighted by Gasteiger charge is 2.18. The predicted molar refractivity (Wildman–Crippen MR) is 109 cm³/mol. The third-order valence-corrected chi connectivity index (χ3v) is 4.85. The fourth-order valence-corrected chi connectivity index (χ4v) is 2.99. The summed E-state index contributed by atoms with van der Waals surface area (Å²) >= 11 is 0. The topological polar surface area (TPSA) is 68.1 Å². The van der Waals surface area contributed by atoms with Gasteiger partial charge in [0.05, 0.1) is 5.69 Å². The number of rotatable bonds is 5. The first kappa shape index (κ1) is 19.5. The molecule has 1 atom stereocenters. The molecule has 1 amide bonds. The Morgan fingerprint density at radius 2 is 1.86 bits per heavy atom. The van der Waals surface area contributed by atoms with Crippen LogP contribution < -0.4 is 5.56 Å². The Bertz CT molecular complexity index is 1040. The number of benzene rings is 1. The smallest absolute Gasteiger partial charge is 0.266 e. The number of amides is 1. The van der Waals surface area contributed by atoms with Gasteiger partial charge in [-0.05, 0) is 49.7 Å². The molecule has 0 radical (unpaired) electrons. The van der Waals surface area contributed by atoms with Gasteiger partial charge in [0, 0.05) is 55.6 Å². The van der Waals surface area contributed by atoms with Gasteiger partial charge < -0.3 is 4.90 Å². The molecule has 0 saturated heterocycles. The van der Waals surface area contributed by atoms with E-state index in [0.29, 0.717) is 17.7 Å². The van der Waals surface area contributed by atoms with E-state index in [1.165, 1.54) is 10.7 Å². The molecule has 0 fully saturated rings. The van der Waals surface area contributed by atoms with Crippen LogP contribution in [0.4, 0.5) is 0 Å². The second-order valence-electron chi connectivity index (χ2n) is 7.05. The SMILES string of the molecule is Cc1ccnc(C[C@H](C)N(C)C(=O)c2ccc(-c3ccc(=O)n(C)n3)cc2)c1. The van der Waals surface area contributed by atoms with Crippen LogP contribution in [0.5, 0.6) is 0 Å². The number of nitrogens with zero attached hydrogens (tertiary/aromatic N) is 4. The van der Waals surface area contributed by atoms with Crippen molar-refractivity contribution in [2.75, 3.05) is 7.05 Å². The van der Waals surface area contributed by atoms with Gasteiger partial charge in [-0.15, -0.1) is 0 Å². The third kappa shape index (κ3) is 4.34. The van der Waals surface area contributed by atoms with Gasteiger partial charge in [0.1, 0.15) is 0 Å². The quantitative estimate of drug-likeness (QED) is 0.687. The molecule has 2 aromatic heterocycles. The van der Waals surface area contributed by atoms with E-state index in [0.717, 1.165) is 16.8 Å². The van der Waals surface area contributed by atoms with Crippen molar-refractivity contribution in [2.45, 2.75) is 26.3 Å². The molecule has 0 bridgehead atoms. The molecule has 0 N–H and O–H groups in total. The number of likely N-dealkylation sites (N-methyl/N-ethyl adjacent to an activating group) is 1. The van der Waals surface area contributed by atoms with Crippen LogP contribution in [0.2, 0.25) is 0 Å². The summed E-state index contributed by atoms with van der Waals surface area (Å²) in [5.41, 5.74) is 4.13. The van der Waals surface area contributed by atoms with Crippen LogP contribution in [-0.4, -0.2) is 38.7 Å². The average molecular weight is 376 g/mol. The Hall–Kier alpha value is -3.28. The maximum atomic E-state index is 12.8. The van der Waals surface area contributed by atoms with Gasteiger partial charge in [-0.2, -0.15) is 5.10 Å². The van der Waals surface area contributed by atoms with Gasteiger partial charge in [0.25, 0.3) is 11.5 Å². The molecule has 0 saturated carbocycles. The number of hydrogen-bond acceptors (Lipinski definition) is 4. The summed E-state index contributed by atoms with van der Waals surface area (Å²) in [6.07, 6.45) is 2.50. The molecule has 0 aliphatic rings. The molecule has 144 valence electrons. The van der Waals surface area contributed by atoms with E-state index in [9.17, 15) is 9.59 Å². The van der Waals surface area contributed by atoms with Gasteiger partial charge >= 0.3 is 0 Å². The maximum absolute atomic E-state index is 12.8. The first-order valence-electron chi connectivity index (χ1n) is 9.18. The molecule has 6 nitrogen and oxygen atoms in total. The molecular weight excluding hydrogens is 352 g/mol. The molecule has 2 heterocycles. The van der Waals surface area contributed by atoms with Crippen LogP contribution in [0.1, 0.15) is 28.5 Å². The molecule has 3 rings (SSSR count). The number of aryl methyl sites for hydroxylation is 2. The molecule has 28 heavy (non-hydrogen) atoms. The van der Waals surface area contributed by atoms with E-state index < -0.39 is 0 Å². The third-order valence-electron chi connectivity index (χ3n) is 4.85. The molecule has 3 aromatic rings. The lowest BCUT2D eigenvalue weighted by Crippen LogP contribution is -2.36. The Labute approximate surface area is 164 Å². The minimum atomic E-state index is -0.158. The minimum absolute atomic E-state index is 0.0202. The van der Waals surface area contributed by atoms with E-state index in [1.54, 1.807) is 36.3 Å². The molecule has 0 aliphatic heterocycles. The molecule has 0 spiro atoms. The molecule has 0 unspecified atom stereocenters. The van der Waals surface area contributed by atoms with E-state index >= 15 is 0 Å². The van der Waals surface area contributed by atoms with Crippen LogP contribution in [0.3, 0.4) is 0 Å². The second kappa shape index (κ2) is 8.17. The molecular formula is C22H24N4O2. The Morgan fingerprint density at radius 1 is 1.14 bits per heavy atom. The normalized spacial score (nSPS) is 11.9. The highest BCUT2D eigenvalue weighted by Crippen LogP contribution is 2.18. The van der Waals surface area contributed by atoms with Crippen molar-refractivity contribution >= 4 is 5.91 Å². The lowest BCUT2D eigenvalue weighted by molar-refractivity contribution is 0.0743. The Morgan fingerprint density at radius 3 is 2.50 bits per heavy atom. The lowest BCUT2D eigenvalue weighted by atomic mass is 10.1. The molecule has 6 heteroatoms. The largest absolute Gasteiger partial charge is 0.339 e. The Balaban J connectivity index is 1.72. The summed E-state index contributed by atoms with van der Waals surface area (Å²) in [5.74, 6) is -0.0416. The number of carbonyl (C=O) groups excluding carboxylic acids is 1. The van der Waals surface area contributed by atoms with Gasteiger partial charge in [0.15, 0.2) is 0 Å². The maximum Gasteiger partial charge on any atom is 0.266 e. The van der Waals surface area contributed by atoms with Gasteiger partial charge in [-0.1, -0.05) is 12.1 Å². The molecule has 1 aromatic carbocycles. The van der Waals surface area contributed by atoms with Crippen molar-refractivity contribution in [3.63, 3.8) is 0 Å². The fourth-order valence-electron chi connectivity index (χ4n) is 2.99. The van der Waals surface area contributed by atoms with Crippen molar-refractivity contribution in [3.8, 4) is 11.3 Å². The first-order chi connectivity index (χ1) is 13.3. The highest BCUT2D eigenvalue weighted by atomic mass is 16.2. The zero-order valence-corrected chi connectivity index (χ0v) is 16.6. The van der Waals surface area contributed by atoms with Gasteiger partial charge in [-0.3, -0.25) is 14.6 Å². The number of hydrogen-bond donors (Lipinski definition) is 0. The van der Waals surface area contributed by atoms with Gasteiger partial charge in [-0.25, -0.2) is 4.68 Å². The number of aromatic nitrogens is 3. The zero-order valence-electron chi connectivity index (χ0n) is 16.6. The standard InChI is InChI=1S/C22H24N4O2/c1-15-11-12-23-19(13-15)14-16(2)25(3)22(28)18-7-5-17(6-8-18)20-9-10-21(27)26(4)24-20/h5-13,16H,14H2,1-4H3/t16-/m0/s1. The van der Waals surface area contributed by atoms with Crippen molar-refractivity contribution in [1.82, 2.24) is 19.7 Å². The monoisotopic (exact) mass is 376 g/mol. The van der Waals surface area contributed by atoms with E-state index in [-0.39, 0.29) is 17.5 Å². The van der Waals surface area contributed by atoms with Crippen LogP contribution in [0, 0.1) is 6.92 Å². The van der Waals surface area contributed by atoms with E-state index in [1.807, 2.05) is 45.2 Å². The Kier molecular flexibility index (Phi) is 5.68. The molecule has 0 aliphatic carbocycles. The van der Waals surface area contributed by atoms with Crippen LogP contribution in [0.15, 0.2) is 59.5 Å². The van der Waals surface area contributed by atoms with E-state index in [2.05, 4.69) is 10.1 Å². The first-order valence-corrected chi connectivity index (χ1v) is 9.18.